The summed E-state index contributed by atoms with van der Waals surface area (Å²) in [6.07, 6.45) is 3.39. The largest absolute Gasteiger partial charge is 0.207 e. The smallest absolute Gasteiger partial charge is 0.123 e. The van der Waals surface area contributed by atoms with Crippen LogP contribution in [0.1, 0.15) is 32.3 Å². The van der Waals surface area contributed by atoms with Crippen molar-refractivity contribution in [2.75, 3.05) is 5.33 Å². The van der Waals surface area contributed by atoms with Gasteiger partial charge in [-0.25, -0.2) is 4.39 Å². The molecule has 0 heterocycles. The third-order valence-electron chi connectivity index (χ3n) is 3.06. The Bertz CT molecular complexity index is 311. The molecule has 0 spiro atoms. The minimum absolute atomic E-state index is 0.130. The summed E-state index contributed by atoms with van der Waals surface area (Å²) in [7, 11) is 0. The Kier molecular flexibility index (Phi) is 6.04. The first-order valence-corrected chi connectivity index (χ1v) is 7.08. The molecule has 0 bridgehead atoms. The molecular weight excluding hydrogens is 267 g/mol. The van der Waals surface area contributed by atoms with E-state index in [1.807, 2.05) is 6.07 Å². The van der Waals surface area contributed by atoms with Gasteiger partial charge in [0, 0.05) is 5.33 Å². The first-order chi connectivity index (χ1) is 7.65. The first-order valence-electron chi connectivity index (χ1n) is 5.96. The van der Waals surface area contributed by atoms with Gasteiger partial charge in [-0.1, -0.05) is 48.3 Å². The third kappa shape index (κ3) is 4.65. The second-order valence-corrected chi connectivity index (χ2v) is 5.25. The third-order valence-corrected chi connectivity index (χ3v) is 3.98. The van der Waals surface area contributed by atoms with Gasteiger partial charge >= 0.3 is 0 Å². The van der Waals surface area contributed by atoms with Crippen LogP contribution in [0.15, 0.2) is 24.3 Å². The van der Waals surface area contributed by atoms with Crippen molar-refractivity contribution in [3.05, 3.63) is 35.6 Å². The Morgan fingerprint density at radius 3 is 2.69 bits per heavy atom. The Morgan fingerprint density at radius 2 is 2.12 bits per heavy atom. The topological polar surface area (TPSA) is 0 Å². The van der Waals surface area contributed by atoms with E-state index in [0.29, 0.717) is 5.92 Å². The molecule has 0 aromatic heterocycles. The molecule has 0 saturated heterocycles. The quantitative estimate of drug-likeness (QED) is 0.658. The van der Waals surface area contributed by atoms with E-state index in [9.17, 15) is 4.39 Å². The van der Waals surface area contributed by atoms with Gasteiger partial charge in [0.05, 0.1) is 0 Å². The van der Waals surface area contributed by atoms with Crippen molar-refractivity contribution >= 4 is 15.9 Å². The lowest BCUT2D eigenvalue weighted by atomic mass is 9.90. The van der Waals surface area contributed by atoms with Gasteiger partial charge in [0.25, 0.3) is 0 Å². The minimum atomic E-state index is -0.130. The standard InChI is InChI=1S/C14H20BrF/c1-3-11(2)7-13(10-15)8-12-5-4-6-14(16)9-12/h4-6,9,11,13H,3,7-8,10H2,1-2H3. The van der Waals surface area contributed by atoms with Crippen LogP contribution in [-0.2, 0) is 6.42 Å². The first kappa shape index (κ1) is 13.7. The maximum Gasteiger partial charge on any atom is 0.123 e. The van der Waals surface area contributed by atoms with Crippen LogP contribution in [0.2, 0.25) is 0 Å². The Balaban J connectivity index is 2.56. The molecule has 0 radical (unpaired) electrons. The highest BCUT2D eigenvalue weighted by Gasteiger charge is 2.12. The molecule has 16 heavy (non-hydrogen) atoms. The van der Waals surface area contributed by atoms with Crippen LogP contribution in [0.3, 0.4) is 0 Å². The molecule has 2 heteroatoms. The molecule has 0 amide bonds. The van der Waals surface area contributed by atoms with Gasteiger partial charge in [-0.2, -0.15) is 0 Å². The number of rotatable bonds is 6. The van der Waals surface area contributed by atoms with Crippen LogP contribution < -0.4 is 0 Å². The molecule has 0 saturated carbocycles. The summed E-state index contributed by atoms with van der Waals surface area (Å²) in [4.78, 5) is 0. The van der Waals surface area contributed by atoms with Crippen molar-refractivity contribution in [3.63, 3.8) is 0 Å². The molecular formula is C14H20BrF. The SMILES string of the molecule is CCC(C)CC(CBr)Cc1cccc(F)c1. The van der Waals surface area contributed by atoms with Gasteiger partial charge < -0.3 is 0 Å². The number of alkyl halides is 1. The predicted molar refractivity (Wildman–Crippen MR) is 71.5 cm³/mol. The zero-order valence-corrected chi connectivity index (χ0v) is 11.6. The van der Waals surface area contributed by atoms with Crippen LogP contribution >= 0.6 is 15.9 Å². The van der Waals surface area contributed by atoms with Crippen molar-refractivity contribution < 1.29 is 4.39 Å². The van der Waals surface area contributed by atoms with Crippen LogP contribution in [-0.4, -0.2) is 5.33 Å². The van der Waals surface area contributed by atoms with Gasteiger partial charge in [-0.05, 0) is 42.4 Å². The predicted octanol–water partition coefficient (Wildman–Crippen LogP) is 4.82. The lowest BCUT2D eigenvalue weighted by Gasteiger charge is -2.18. The van der Waals surface area contributed by atoms with Gasteiger partial charge in [0.15, 0.2) is 0 Å². The van der Waals surface area contributed by atoms with Crippen LogP contribution in [0.5, 0.6) is 0 Å². The van der Waals surface area contributed by atoms with Crippen molar-refractivity contribution in [2.45, 2.75) is 33.1 Å². The van der Waals surface area contributed by atoms with Gasteiger partial charge in [-0.3, -0.25) is 0 Å². The van der Waals surface area contributed by atoms with E-state index >= 15 is 0 Å². The zero-order chi connectivity index (χ0) is 12.0. The van der Waals surface area contributed by atoms with Crippen LogP contribution in [0.25, 0.3) is 0 Å². The van der Waals surface area contributed by atoms with Gasteiger partial charge in [0.1, 0.15) is 5.82 Å². The fourth-order valence-electron chi connectivity index (χ4n) is 1.93. The average Bonchev–Trinajstić information content (AvgIpc) is 2.28. The molecule has 0 aliphatic rings. The summed E-state index contributed by atoms with van der Waals surface area (Å²) in [5.41, 5.74) is 1.10. The number of halogens is 2. The molecule has 2 atom stereocenters. The summed E-state index contributed by atoms with van der Waals surface area (Å²) in [6.45, 7) is 4.50. The van der Waals surface area contributed by atoms with Crippen molar-refractivity contribution in [3.8, 4) is 0 Å². The maximum absolute atomic E-state index is 13.0. The molecule has 0 aliphatic carbocycles. The minimum Gasteiger partial charge on any atom is -0.207 e. The maximum atomic E-state index is 13.0. The Hall–Kier alpha value is -0.370. The molecule has 0 nitrogen and oxygen atoms in total. The fourth-order valence-corrected chi connectivity index (χ4v) is 2.43. The Morgan fingerprint density at radius 1 is 1.38 bits per heavy atom. The number of hydrogen-bond acceptors (Lipinski definition) is 0. The highest BCUT2D eigenvalue weighted by Crippen LogP contribution is 2.21. The van der Waals surface area contributed by atoms with E-state index in [1.54, 1.807) is 12.1 Å². The number of benzene rings is 1. The molecule has 0 fully saturated rings. The highest BCUT2D eigenvalue weighted by molar-refractivity contribution is 9.09. The van der Waals surface area contributed by atoms with E-state index < -0.39 is 0 Å². The second-order valence-electron chi connectivity index (χ2n) is 4.60. The number of hydrogen-bond donors (Lipinski definition) is 0. The normalized spacial score (nSPS) is 14.8. The molecule has 0 aliphatic heterocycles. The Labute approximate surface area is 106 Å². The summed E-state index contributed by atoms with van der Waals surface area (Å²) in [6, 6.07) is 6.95. The summed E-state index contributed by atoms with van der Waals surface area (Å²) >= 11 is 3.56. The van der Waals surface area contributed by atoms with Crippen molar-refractivity contribution in [1.82, 2.24) is 0 Å². The lowest BCUT2D eigenvalue weighted by molar-refractivity contribution is 0.410. The van der Waals surface area contributed by atoms with Gasteiger partial charge in [0.2, 0.25) is 0 Å². The van der Waals surface area contributed by atoms with Crippen molar-refractivity contribution in [1.29, 1.82) is 0 Å². The fraction of sp³-hybridized carbons (Fsp3) is 0.571. The van der Waals surface area contributed by atoms with Crippen LogP contribution in [0.4, 0.5) is 4.39 Å². The van der Waals surface area contributed by atoms with E-state index in [-0.39, 0.29) is 5.82 Å². The molecule has 90 valence electrons. The summed E-state index contributed by atoms with van der Waals surface area (Å²) < 4.78 is 13.0. The summed E-state index contributed by atoms with van der Waals surface area (Å²) in [5.74, 6) is 1.22. The molecule has 0 N–H and O–H groups in total. The van der Waals surface area contributed by atoms with E-state index in [2.05, 4.69) is 29.8 Å². The molecule has 1 rings (SSSR count). The highest BCUT2D eigenvalue weighted by atomic mass is 79.9. The van der Waals surface area contributed by atoms with E-state index in [0.717, 1.165) is 23.2 Å². The van der Waals surface area contributed by atoms with Crippen molar-refractivity contribution in [2.24, 2.45) is 11.8 Å². The average molecular weight is 287 g/mol. The van der Waals surface area contributed by atoms with E-state index in [1.165, 1.54) is 18.9 Å². The monoisotopic (exact) mass is 286 g/mol. The van der Waals surface area contributed by atoms with Crippen LogP contribution in [0, 0.1) is 17.7 Å². The molecule has 1 aromatic rings. The lowest BCUT2D eigenvalue weighted by Crippen LogP contribution is -2.10. The summed E-state index contributed by atoms with van der Waals surface area (Å²) in [5, 5.41) is 0.994. The second kappa shape index (κ2) is 7.05. The molecule has 1 aromatic carbocycles. The zero-order valence-electron chi connectivity index (χ0n) is 10.0. The molecule has 2 unspecified atom stereocenters. The van der Waals surface area contributed by atoms with Gasteiger partial charge in [-0.15, -0.1) is 0 Å². The van der Waals surface area contributed by atoms with E-state index in [4.69, 9.17) is 0 Å².